The van der Waals surface area contributed by atoms with Crippen LogP contribution in [-0.4, -0.2) is 5.16 Å². The van der Waals surface area contributed by atoms with E-state index < -0.39 is 0 Å². The van der Waals surface area contributed by atoms with E-state index >= 15 is 0 Å². The molecule has 0 aliphatic heterocycles. The summed E-state index contributed by atoms with van der Waals surface area (Å²) < 4.78 is 4.75. The van der Waals surface area contributed by atoms with E-state index in [4.69, 9.17) is 33.0 Å². The maximum Gasteiger partial charge on any atom is 0.236 e. The van der Waals surface area contributed by atoms with Crippen LogP contribution in [0.3, 0.4) is 0 Å². The van der Waals surface area contributed by atoms with Gasteiger partial charge >= 0.3 is 0 Å². The van der Waals surface area contributed by atoms with Crippen LogP contribution >= 0.6 is 23.2 Å². The van der Waals surface area contributed by atoms with Gasteiger partial charge < -0.3 is 4.52 Å². The molecule has 0 bridgehead atoms. The fraction of sp³-hybridized carbons (Fsp3) is 0. The highest BCUT2D eigenvalue weighted by Crippen LogP contribution is 2.29. The summed E-state index contributed by atoms with van der Waals surface area (Å²) in [6, 6.07) is 8.41. The molecule has 5 heteroatoms. The lowest BCUT2D eigenvalue weighted by atomic mass is 10.1. The molecule has 0 amide bonds. The van der Waals surface area contributed by atoms with Gasteiger partial charge in [-0.05, 0) is 18.2 Å². The lowest BCUT2D eigenvalue weighted by Gasteiger charge is -1.99. The Balaban J connectivity index is 2.50. The van der Waals surface area contributed by atoms with E-state index in [0.717, 1.165) is 0 Å². The minimum atomic E-state index is 0.149. The molecule has 0 saturated carbocycles. The summed E-state index contributed by atoms with van der Waals surface area (Å²) >= 11 is 11.7. The number of rotatable bonds is 1. The SMILES string of the molecule is N#Cc1cc(-c2ccc(Cl)cc2Cl)no1. The van der Waals surface area contributed by atoms with E-state index in [0.29, 0.717) is 21.3 Å². The fourth-order valence-electron chi connectivity index (χ4n) is 1.15. The molecule has 0 aliphatic carbocycles. The molecule has 15 heavy (non-hydrogen) atoms. The summed E-state index contributed by atoms with van der Waals surface area (Å²) in [6.45, 7) is 0. The lowest BCUT2D eigenvalue weighted by molar-refractivity contribution is 0.412. The molecule has 0 spiro atoms. The van der Waals surface area contributed by atoms with Gasteiger partial charge in [0.05, 0.1) is 5.02 Å². The first-order valence-electron chi connectivity index (χ1n) is 4.03. The molecule has 0 aliphatic rings. The molecule has 74 valence electrons. The van der Waals surface area contributed by atoms with Gasteiger partial charge in [0.25, 0.3) is 0 Å². The topological polar surface area (TPSA) is 49.8 Å². The van der Waals surface area contributed by atoms with Gasteiger partial charge in [-0.2, -0.15) is 5.26 Å². The largest absolute Gasteiger partial charge is 0.345 e. The van der Waals surface area contributed by atoms with Gasteiger partial charge in [0.2, 0.25) is 5.76 Å². The van der Waals surface area contributed by atoms with Gasteiger partial charge in [0, 0.05) is 16.7 Å². The zero-order valence-electron chi connectivity index (χ0n) is 7.37. The number of nitriles is 1. The van der Waals surface area contributed by atoms with Gasteiger partial charge in [-0.15, -0.1) is 0 Å². The van der Waals surface area contributed by atoms with Crippen molar-refractivity contribution in [3.63, 3.8) is 0 Å². The predicted molar refractivity (Wildman–Crippen MR) is 56.7 cm³/mol. The summed E-state index contributed by atoms with van der Waals surface area (Å²) in [5, 5.41) is 13.3. The van der Waals surface area contributed by atoms with Crippen molar-refractivity contribution in [3.05, 3.63) is 40.1 Å². The Kier molecular flexibility index (Phi) is 2.63. The van der Waals surface area contributed by atoms with Crippen molar-refractivity contribution < 1.29 is 4.52 Å². The van der Waals surface area contributed by atoms with Crippen LogP contribution in [0.2, 0.25) is 10.0 Å². The van der Waals surface area contributed by atoms with Crippen molar-refractivity contribution in [3.8, 4) is 17.3 Å². The summed E-state index contributed by atoms with van der Waals surface area (Å²) in [5.41, 5.74) is 1.21. The Hall–Kier alpha value is -1.50. The Morgan fingerprint density at radius 1 is 1.27 bits per heavy atom. The molecule has 0 unspecified atom stereocenters. The van der Waals surface area contributed by atoms with Gasteiger partial charge in [0.1, 0.15) is 11.8 Å². The molecule has 1 heterocycles. The van der Waals surface area contributed by atoms with Crippen molar-refractivity contribution in [1.82, 2.24) is 5.16 Å². The number of aromatic nitrogens is 1. The smallest absolute Gasteiger partial charge is 0.236 e. The van der Waals surface area contributed by atoms with Crippen LogP contribution in [0.25, 0.3) is 11.3 Å². The van der Waals surface area contributed by atoms with E-state index in [-0.39, 0.29) is 5.76 Å². The highest BCUT2D eigenvalue weighted by atomic mass is 35.5. The lowest BCUT2D eigenvalue weighted by Crippen LogP contribution is -1.78. The zero-order valence-corrected chi connectivity index (χ0v) is 8.88. The molecule has 1 aromatic carbocycles. The number of halogens is 2. The van der Waals surface area contributed by atoms with Crippen LogP contribution in [0.4, 0.5) is 0 Å². The first-order valence-corrected chi connectivity index (χ1v) is 4.78. The second-order valence-corrected chi connectivity index (χ2v) is 3.66. The first kappa shape index (κ1) is 10.0. The molecule has 2 rings (SSSR count). The molecule has 0 radical (unpaired) electrons. The number of benzene rings is 1. The third-order valence-electron chi connectivity index (χ3n) is 1.83. The Morgan fingerprint density at radius 3 is 2.67 bits per heavy atom. The van der Waals surface area contributed by atoms with Crippen LogP contribution in [0.1, 0.15) is 5.76 Å². The van der Waals surface area contributed by atoms with E-state index in [2.05, 4.69) is 5.16 Å². The summed E-state index contributed by atoms with van der Waals surface area (Å²) in [6.07, 6.45) is 0. The highest BCUT2D eigenvalue weighted by molar-refractivity contribution is 6.36. The maximum absolute atomic E-state index is 8.57. The molecular weight excluding hydrogens is 235 g/mol. The molecule has 0 saturated heterocycles. The van der Waals surface area contributed by atoms with Crippen LogP contribution < -0.4 is 0 Å². The minimum absolute atomic E-state index is 0.149. The third-order valence-corrected chi connectivity index (χ3v) is 2.38. The summed E-state index contributed by atoms with van der Waals surface area (Å²) in [5.74, 6) is 0.149. The second kappa shape index (κ2) is 3.93. The number of hydrogen-bond donors (Lipinski definition) is 0. The van der Waals surface area contributed by atoms with Gasteiger partial charge in [-0.25, -0.2) is 0 Å². The average Bonchev–Trinajstić information content (AvgIpc) is 2.66. The summed E-state index contributed by atoms with van der Waals surface area (Å²) in [7, 11) is 0. The summed E-state index contributed by atoms with van der Waals surface area (Å²) in [4.78, 5) is 0. The molecule has 3 nitrogen and oxygen atoms in total. The van der Waals surface area contributed by atoms with Crippen molar-refractivity contribution in [1.29, 1.82) is 5.26 Å². The molecule has 0 atom stereocenters. The first-order chi connectivity index (χ1) is 7.20. The minimum Gasteiger partial charge on any atom is -0.345 e. The van der Waals surface area contributed by atoms with E-state index in [1.165, 1.54) is 6.07 Å². The Morgan fingerprint density at radius 2 is 2.07 bits per heavy atom. The maximum atomic E-state index is 8.57. The average molecular weight is 239 g/mol. The van der Waals surface area contributed by atoms with E-state index in [9.17, 15) is 0 Å². The van der Waals surface area contributed by atoms with Crippen molar-refractivity contribution >= 4 is 23.2 Å². The van der Waals surface area contributed by atoms with Crippen LogP contribution in [0.5, 0.6) is 0 Å². The van der Waals surface area contributed by atoms with Gasteiger partial charge in [-0.3, -0.25) is 0 Å². The van der Waals surface area contributed by atoms with Crippen molar-refractivity contribution in [2.75, 3.05) is 0 Å². The number of hydrogen-bond acceptors (Lipinski definition) is 3. The fourth-order valence-corrected chi connectivity index (χ4v) is 1.66. The predicted octanol–water partition coefficient (Wildman–Crippen LogP) is 3.52. The second-order valence-electron chi connectivity index (χ2n) is 2.81. The monoisotopic (exact) mass is 238 g/mol. The Bertz CT molecular complexity index is 543. The normalized spacial score (nSPS) is 9.93. The van der Waals surface area contributed by atoms with Gasteiger partial charge in [0.15, 0.2) is 0 Å². The van der Waals surface area contributed by atoms with E-state index in [1.807, 2.05) is 6.07 Å². The molecule has 0 fully saturated rings. The highest BCUT2D eigenvalue weighted by Gasteiger charge is 2.09. The van der Waals surface area contributed by atoms with E-state index in [1.54, 1.807) is 18.2 Å². The molecule has 1 aromatic heterocycles. The number of nitrogens with zero attached hydrogens (tertiary/aromatic N) is 2. The standard InChI is InChI=1S/C10H4Cl2N2O/c11-6-1-2-8(9(12)3-6)10-4-7(5-13)15-14-10/h1-4H. The third kappa shape index (κ3) is 1.96. The van der Waals surface area contributed by atoms with Crippen molar-refractivity contribution in [2.45, 2.75) is 0 Å². The van der Waals surface area contributed by atoms with Gasteiger partial charge in [-0.1, -0.05) is 28.4 Å². The zero-order chi connectivity index (χ0) is 10.8. The molecule has 0 N–H and O–H groups in total. The molecular formula is C10H4Cl2N2O. The Labute approximate surface area is 95.8 Å². The van der Waals surface area contributed by atoms with Crippen LogP contribution in [0.15, 0.2) is 28.8 Å². The molecule has 2 aromatic rings. The van der Waals surface area contributed by atoms with Crippen molar-refractivity contribution in [2.24, 2.45) is 0 Å². The van der Waals surface area contributed by atoms with Crippen LogP contribution in [0, 0.1) is 11.3 Å². The quantitative estimate of drug-likeness (QED) is 0.764. The van der Waals surface area contributed by atoms with Crippen LogP contribution in [-0.2, 0) is 0 Å².